The lowest BCUT2D eigenvalue weighted by Crippen LogP contribution is -2.37. The molecule has 1 saturated heterocycles. The molecule has 0 saturated carbocycles. The second-order valence-electron chi connectivity index (χ2n) is 5.74. The highest BCUT2D eigenvalue weighted by molar-refractivity contribution is 7.91. The fraction of sp³-hybridized carbons (Fsp3) is 0.533. The van der Waals surface area contributed by atoms with Crippen LogP contribution in [-0.2, 0) is 14.6 Å². The van der Waals surface area contributed by atoms with Crippen molar-refractivity contribution >= 4 is 21.5 Å². The quantitative estimate of drug-likeness (QED) is 0.644. The van der Waals surface area contributed by atoms with Gasteiger partial charge < -0.3 is 15.8 Å². The zero-order chi connectivity index (χ0) is 16.2. The molecule has 1 heterocycles. The first kappa shape index (κ1) is 16.8. The summed E-state index contributed by atoms with van der Waals surface area (Å²) in [6.45, 7) is 4.71. The van der Waals surface area contributed by atoms with Crippen LogP contribution in [0.3, 0.4) is 0 Å². The molecule has 0 aliphatic carbocycles. The van der Waals surface area contributed by atoms with Crippen molar-refractivity contribution in [3.8, 4) is 0 Å². The molecule has 1 fully saturated rings. The fourth-order valence-corrected chi connectivity index (χ4v) is 3.51. The Bertz CT molecular complexity index is 641. The third-order valence-corrected chi connectivity index (χ3v) is 5.15. The average Bonchev–Trinajstić information content (AvgIpc) is 2.44. The molecule has 1 aliphatic rings. The highest BCUT2D eigenvalue weighted by Crippen LogP contribution is 2.18. The van der Waals surface area contributed by atoms with E-state index in [0.717, 1.165) is 5.69 Å². The van der Waals surface area contributed by atoms with Crippen molar-refractivity contribution in [2.24, 2.45) is 10.7 Å². The molecule has 0 radical (unpaired) electrons. The van der Waals surface area contributed by atoms with E-state index in [1.165, 1.54) is 5.56 Å². The summed E-state index contributed by atoms with van der Waals surface area (Å²) in [6, 6.07) is 7.95. The van der Waals surface area contributed by atoms with Crippen LogP contribution in [-0.4, -0.2) is 45.1 Å². The van der Waals surface area contributed by atoms with E-state index in [0.29, 0.717) is 5.92 Å². The molecule has 22 heavy (non-hydrogen) atoms. The largest absolute Gasteiger partial charge is 0.374 e. The number of rotatable bonds is 4. The summed E-state index contributed by atoms with van der Waals surface area (Å²) in [6.07, 6.45) is -0.416. The lowest BCUT2D eigenvalue weighted by molar-refractivity contribution is 0.0783. The summed E-state index contributed by atoms with van der Waals surface area (Å²) in [5, 5.41) is 3.02. The molecule has 122 valence electrons. The normalized spacial score (nSPS) is 21.8. The fourth-order valence-electron chi connectivity index (χ4n) is 2.22. The number of ether oxygens (including phenoxy) is 1. The molecular formula is C15H23N3O3S. The van der Waals surface area contributed by atoms with E-state index in [-0.39, 0.29) is 30.6 Å². The van der Waals surface area contributed by atoms with E-state index in [2.05, 4.69) is 30.2 Å². The maximum absolute atomic E-state index is 11.5. The predicted molar refractivity (Wildman–Crippen MR) is 89.0 cm³/mol. The molecule has 1 unspecified atom stereocenters. The summed E-state index contributed by atoms with van der Waals surface area (Å²) in [7, 11) is -3.01. The van der Waals surface area contributed by atoms with Crippen molar-refractivity contribution in [2.75, 3.05) is 30.0 Å². The number of guanidine groups is 1. The van der Waals surface area contributed by atoms with Crippen LogP contribution in [0.4, 0.5) is 5.69 Å². The van der Waals surface area contributed by atoms with Crippen molar-refractivity contribution in [3.63, 3.8) is 0 Å². The first-order valence-electron chi connectivity index (χ1n) is 7.34. The molecule has 7 heteroatoms. The number of hydrogen-bond acceptors (Lipinski definition) is 4. The molecular weight excluding hydrogens is 302 g/mol. The van der Waals surface area contributed by atoms with Crippen LogP contribution in [0.15, 0.2) is 29.3 Å². The van der Waals surface area contributed by atoms with Crippen molar-refractivity contribution in [3.05, 3.63) is 29.8 Å². The standard InChI is InChI=1S/C15H23N3O3S/c1-11(2)12-4-3-5-13(8-12)18-15(16)17-9-14-10-22(19,20)7-6-21-14/h3-5,8,11,14H,6-7,9-10H2,1-2H3,(H3,16,17,18). The van der Waals surface area contributed by atoms with Crippen LogP contribution < -0.4 is 11.1 Å². The summed E-state index contributed by atoms with van der Waals surface area (Å²) in [5.41, 5.74) is 7.92. The van der Waals surface area contributed by atoms with Crippen LogP contribution in [0.2, 0.25) is 0 Å². The minimum absolute atomic E-state index is 0.00656. The minimum Gasteiger partial charge on any atom is -0.374 e. The van der Waals surface area contributed by atoms with Gasteiger partial charge in [0, 0.05) is 5.69 Å². The number of nitrogens with zero attached hydrogens (tertiary/aromatic N) is 1. The topological polar surface area (TPSA) is 93.8 Å². The Hall–Kier alpha value is -1.60. The Morgan fingerprint density at radius 1 is 1.50 bits per heavy atom. The van der Waals surface area contributed by atoms with Gasteiger partial charge in [-0.05, 0) is 23.6 Å². The Labute approximate surface area is 131 Å². The highest BCUT2D eigenvalue weighted by Gasteiger charge is 2.25. The van der Waals surface area contributed by atoms with E-state index in [9.17, 15) is 8.42 Å². The third-order valence-electron chi connectivity index (χ3n) is 3.48. The molecule has 1 atom stereocenters. The maximum atomic E-state index is 11.5. The second kappa shape index (κ2) is 7.11. The van der Waals surface area contributed by atoms with Gasteiger partial charge in [-0.2, -0.15) is 0 Å². The Morgan fingerprint density at radius 3 is 2.95 bits per heavy atom. The molecule has 6 nitrogen and oxygen atoms in total. The monoisotopic (exact) mass is 325 g/mol. The smallest absolute Gasteiger partial charge is 0.193 e. The lowest BCUT2D eigenvalue weighted by atomic mass is 10.0. The number of nitrogens with two attached hydrogens (primary N) is 1. The third kappa shape index (κ3) is 4.99. The molecule has 0 bridgehead atoms. The molecule has 2 rings (SSSR count). The Kier molecular flexibility index (Phi) is 5.42. The van der Waals surface area contributed by atoms with Gasteiger partial charge in [0.05, 0.1) is 30.8 Å². The predicted octanol–water partition coefficient (Wildman–Crippen LogP) is 1.35. The van der Waals surface area contributed by atoms with Crippen LogP contribution in [0.25, 0.3) is 0 Å². The summed E-state index contributed by atoms with van der Waals surface area (Å²) < 4.78 is 28.4. The number of benzene rings is 1. The second-order valence-corrected chi connectivity index (χ2v) is 7.97. The number of nitrogens with one attached hydrogen (secondary N) is 1. The van der Waals surface area contributed by atoms with Gasteiger partial charge in [0.2, 0.25) is 0 Å². The van der Waals surface area contributed by atoms with Crippen molar-refractivity contribution in [1.82, 2.24) is 0 Å². The van der Waals surface area contributed by atoms with Gasteiger partial charge in [-0.15, -0.1) is 0 Å². The molecule has 0 aromatic heterocycles. The van der Waals surface area contributed by atoms with Gasteiger partial charge >= 0.3 is 0 Å². The van der Waals surface area contributed by atoms with Gasteiger partial charge in [-0.1, -0.05) is 26.0 Å². The first-order valence-corrected chi connectivity index (χ1v) is 9.17. The van der Waals surface area contributed by atoms with Gasteiger partial charge in [0.25, 0.3) is 0 Å². The van der Waals surface area contributed by atoms with Crippen LogP contribution in [0.1, 0.15) is 25.3 Å². The average molecular weight is 325 g/mol. The van der Waals surface area contributed by atoms with Crippen molar-refractivity contribution in [1.29, 1.82) is 0 Å². The number of hydrogen-bond donors (Lipinski definition) is 2. The number of aliphatic imine (C=N–C) groups is 1. The molecule has 1 aromatic rings. The van der Waals surface area contributed by atoms with E-state index >= 15 is 0 Å². The molecule has 1 aliphatic heterocycles. The van der Waals surface area contributed by atoms with E-state index in [4.69, 9.17) is 10.5 Å². The van der Waals surface area contributed by atoms with E-state index < -0.39 is 15.9 Å². The molecule has 0 spiro atoms. The van der Waals surface area contributed by atoms with Gasteiger partial charge in [0.15, 0.2) is 15.8 Å². The Morgan fingerprint density at radius 2 is 2.27 bits per heavy atom. The molecule has 1 aromatic carbocycles. The summed E-state index contributed by atoms with van der Waals surface area (Å²) in [4.78, 5) is 4.18. The maximum Gasteiger partial charge on any atom is 0.193 e. The van der Waals surface area contributed by atoms with Gasteiger partial charge in [-0.3, -0.25) is 4.99 Å². The highest BCUT2D eigenvalue weighted by atomic mass is 32.2. The minimum atomic E-state index is -3.01. The SMILES string of the molecule is CC(C)c1cccc(NC(N)=NCC2CS(=O)(=O)CCO2)c1. The zero-order valence-electron chi connectivity index (χ0n) is 13.0. The van der Waals surface area contributed by atoms with E-state index in [1.807, 2.05) is 18.2 Å². The zero-order valence-corrected chi connectivity index (χ0v) is 13.8. The van der Waals surface area contributed by atoms with Crippen molar-refractivity contribution in [2.45, 2.75) is 25.9 Å². The van der Waals surface area contributed by atoms with Crippen LogP contribution in [0.5, 0.6) is 0 Å². The van der Waals surface area contributed by atoms with E-state index in [1.54, 1.807) is 0 Å². The summed E-state index contributed by atoms with van der Waals surface area (Å²) in [5.74, 6) is 0.781. The summed E-state index contributed by atoms with van der Waals surface area (Å²) >= 11 is 0. The molecule has 0 amide bonds. The van der Waals surface area contributed by atoms with Crippen molar-refractivity contribution < 1.29 is 13.2 Å². The Balaban J connectivity index is 1.94. The van der Waals surface area contributed by atoms with Gasteiger partial charge in [0.1, 0.15) is 0 Å². The lowest BCUT2D eigenvalue weighted by Gasteiger charge is -2.21. The number of anilines is 1. The number of sulfone groups is 1. The molecule has 3 N–H and O–H groups in total. The first-order chi connectivity index (χ1) is 10.4. The van der Waals surface area contributed by atoms with Crippen LogP contribution in [0, 0.1) is 0 Å². The van der Waals surface area contributed by atoms with Gasteiger partial charge in [-0.25, -0.2) is 8.42 Å². The van der Waals surface area contributed by atoms with Crippen LogP contribution >= 0.6 is 0 Å².